The molecule has 110 valence electrons. The Morgan fingerprint density at radius 1 is 1.32 bits per heavy atom. The second-order valence-corrected chi connectivity index (χ2v) is 5.82. The fraction of sp³-hybridized carbons (Fsp3) is 0.929. The zero-order valence-electron chi connectivity index (χ0n) is 12.0. The molecule has 5 nitrogen and oxygen atoms in total. The van der Waals surface area contributed by atoms with Crippen molar-refractivity contribution in [3.63, 3.8) is 0 Å². The molecule has 0 spiro atoms. The zero-order valence-corrected chi connectivity index (χ0v) is 12.0. The third-order valence-corrected chi connectivity index (χ3v) is 4.56. The summed E-state index contributed by atoms with van der Waals surface area (Å²) < 4.78 is 10.1. The summed E-state index contributed by atoms with van der Waals surface area (Å²) in [7, 11) is 1.63. The summed E-state index contributed by atoms with van der Waals surface area (Å²) in [5.74, 6) is 2.41. The maximum Gasteiger partial charge on any atom is 0.316 e. The first-order chi connectivity index (χ1) is 9.20. The highest BCUT2D eigenvalue weighted by Crippen LogP contribution is 2.49. The summed E-state index contributed by atoms with van der Waals surface area (Å²) in [6.45, 7) is 3.40. The fourth-order valence-electron chi connectivity index (χ4n) is 3.60. The molecule has 2 saturated carbocycles. The molecule has 2 rings (SSSR count). The first-order valence-electron chi connectivity index (χ1n) is 7.31. The van der Waals surface area contributed by atoms with E-state index in [4.69, 9.17) is 9.47 Å². The third kappa shape index (κ3) is 4.08. The van der Waals surface area contributed by atoms with E-state index in [1.54, 1.807) is 7.11 Å². The molecular formula is C14H26N2O3. The van der Waals surface area contributed by atoms with Crippen molar-refractivity contribution < 1.29 is 14.3 Å². The van der Waals surface area contributed by atoms with Crippen molar-refractivity contribution in [3.05, 3.63) is 0 Å². The fourth-order valence-corrected chi connectivity index (χ4v) is 3.60. The number of amides is 2. The van der Waals surface area contributed by atoms with E-state index in [9.17, 15) is 4.79 Å². The van der Waals surface area contributed by atoms with Crippen LogP contribution in [0.15, 0.2) is 0 Å². The Hall–Kier alpha value is -0.810. The molecule has 4 unspecified atom stereocenters. The monoisotopic (exact) mass is 270 g/mol. The van der Waals surface area contributed by atoms with E-state index in [1.165, 1.54) is 25.7 Å². The van der Waals surface area contributed by atoms with Crippen molar-refractivity contribution in [3.8, 4) is 0 Å². The molecule has 0 saturated heterocycles. The molecule has 2 aliphatic carbocycles. The lowest BCUT2D eigenvalue weighted by Gasteiger charge is -2.28. The van der Waals surface area contributed by atoms with Crippen molar-refractivity contribution in [2.75, 3.05) is 27.1 Å². The largest absolute Gasteiger partial charge is 0.382 e. The Morgan fingerprint density at radius 3 is 2.79 bits per heavy atom. The van der Waals surface area contributed by atoms with Gasteiger partial charge in [-0.2, -0.15) is 0 Å². The smallest absolute Gasteiger partial charge is 0.316 e. The Morgan fingerprint density at radius 2 is 2.16 bits per heavy atom. The van der Waals surface area contributed by atoms with Crippen LogP contribution < -0.4 is 10.6 Å². The molecule has 19 heavy (non-hydrogen) atoms. The average molecular weight is 270 g/mol. The van der Waals surface area contributed by atoms with E-state index >= 15 is 0 Å². The van der Waals surface area contributed by atoms with Crippen molar-refractivity contribution in [1.29, 1.82) is 0 Å². The molecule has 0 aromatic heterocycles. The number of nitrogens with one attached hydrogen (secondary N) is 2. The number of carbonyl (C=O) groups excluding carboxylic acids is 1. The standard InChI is InChI=1S/C14H26N2O3/c1-10(13-8-11-3-4-12(13)7-11)16-14(17)15-9-19-6-5-18-2/h10-13H,3-9H2,1-2H3,(H2,15,16,17). The molecule has 5 heteroatoms. The van der Waals surface area contributed by atoms with Crippen LogP contribution in [0.4, 0.5) is 4.79 Å². The normalized spacial score (nSPS) is 30.3. The molecule has 0 aliphatic heterocycles. The molecule has 2 bridgehead atoms. The second kappa shape index (κ2) is 7.10. The first-order valence-corrected chi connectivity index (χ1v) is 7.31. The van der Waals surface area contributed by atoms with Crippen molar-refractivity contribution in [2.24, 2.45) is 17.8 Å². The number of urea groups is 1. The van der Waals surface area contributed by atoms with Gasteiger partial charge in [-0.1, -0.05) is 6.42 Å². The topological polar surface area (TPSA) is 59.6 Å². The Kier molecular flexibility index (Phi) is 5.45. The number of methoxy groups -OCH3 is 1. The average Bonchev–Trinajstić information content (AvgIpc) is 3.00. The van der Waals surface area contributed by atoms with Gasteiger partial charge in [0.05, 0.1) is 13.2 Å². The highest BCUT2D eigenvalue weighted by molar-refractivity contribution is 5.74. The summed E-state index contributed by atoms with van der Waals surface area (Å²) in [4.78, 5) is 11.7. The molecule has 0 heterocycles. The third-order valence-electron chi connectivity index (χ3n) is 4.56. The van der Waals surface area contributed by atoms with Gasteiger partial charge in [-0.15, -0.1) is 0 Å². The van der Waals surface area contributed by atoms with E-state index in [0.29, 0.717) is 19.1 Å². The van der Waals surface area contributed by atoms with Crippen LogP contribution in [0, 0.1) is 17.8 Å². The lowest BCUT2D eigenvalue weighted by Crippen LogP contribution is -2.45. The predicted molar refractivity (Wildman–Crippen MR) is 72.8 cm³/mol. The second-order valence-electron chi connectivity index (χ2n) is 5.82. The number of carbonyl (C=O) groups is 1. The summed E-state index contributed by atoms with van der Waals surface area (Å²) in [5, 5.41) is 5.75. The molecule has 2 N–H and O–H groups in total. The van der Waals surface area contributed by atoms with E-state index in [2.05, 4.69) is 17.6 Å². The molecule has 0 radical (unpaired) electrons. The molecular weight excluding hydrogens is 244 g/mol. The van der Waals surface area contributed by atoms with Gasteiger partial charge in [-0.05, 0) is 43.9 Å². The minimum atomic E-state index is -0.132. The number of rotatable bonds is 7. The maximum absolute atomic E-state index is 11.7. The SMILES string of the molecule is COCCOCNC(=O)NC(C)C1CC2CCC1C2. The van der Waals surface area contributed by atoms with Crippen molar-refractivity contribution >= 4 is 6.03 Å². The van der Waals surface area contributed by atoms with Crippen LogP contribution in [0.5, 0.6) is 0 Å². The predicted octanol–water partition coefficient (Wildman–Crippen LogP) is 1.73. The quantitative estimate of drug-likeness (QED) is 0.547. The summed E-state index contributed by atoms with van der Waals surface area (Å²) in [6.07, 6.45) is 5.41. The molecule has 2 amide bonds. The number of hydrogen-bond acceptors (Lipinski definition) is 3. The first kappa shape index (κ1) is 14.6. The van der Waals surface area contributed by atoms with Crippen molar-refractivity contribution in [2.45, 2.75) is 38.6 Å². The van der Waals surface area contributed by atoms with E-state index < -0.39 is 0 Å². The van der Waals surface area contributed by atoms with E-state index in [1.807, 2.05) is 0 Å². The summed E-state index contributed by atoms with van der Waals surface area (Å²) >= 11 is 0. The molecule has 2 aliphatic rings. The van der Waals surface area contributed by atoms with Gasteiger partial charge in [-0.3, -0.25) is 0 Å². The van der Waals surface area contributed by atoms with Gasteiger partial charge in [0.25, 0.3) is 0 Å². The molecule has 4 atom stereocenters. The summed E-state index contributed by atoms with van der Waals surface area (Å²) in [6, 6.07) is 0.127. The number of fused-ring (bicyclic) bond motifs is 2. The van der Waals surface area contributed by atoms with Crippen molar-refractivity contribution in [1.82, 2.24) is 10.6 Å². The van der Waals surface area contributed by atoms with Gasteiger partial charge in [0, 0.05) is 13.2 Å². The lowest BCUT2D eigenvalue weighted by atomic mass is 9.84. The van der Waals surface area contributed by atoms with Gasteiger partial charge in [0.15, 0.2) is 0 Å². The Labute approximate surface area is 115 Å². The van der Waals surface area contributed by atoms with E-state index in [0.717, 1.165) is 11.8 Å². The van der Waals surface area contributed by atoms with Crippen LogP contribution in [-0.4, -0.2) is 39.1 Å². The Bertz CT molecular complexity index is 298. The van der Waals surface area contributed by atoms with Gasteiger partial charge >= 0.3 is 6.03 Å². The van der Waals surface area contributed by atoms with Gasteiger partial charge in [-0.25, -0.2) is 4.79 Å². The van der Waals surface area contributed by atoms with Gasteiger partial charge in [0.1, 0.15) is 6.73 Å². The number of hydrogen-bond donors (Lipinski definition) is 2. The number of ether oxygens (including phenoxy) is 2. The van der Waals surface area contributed by atoms with Crippen LogP contribution in [-0.2, 0) is 9.47 Å². The molecule has 0 aromatic rings. The molecule has 2 fully saturated rings. The minimum absolute atomic E-state index is 0.132. The van der Waals surface area contributed by atoms with E-state index in [-0.39, 0.29) is 18.8 Å². The summed E-state index contributed by atoms with van der Waals surface area (Å²) in [5.41, 5.74) is 0. The van der Waals surface area contributed by atoms with Crippen LogP contribution in [0.1, 0.15) is 32.6 Å². The zero-order chi connectivity index (χ0) is 13.7. The lowest BCUT2D eigenvalue weighted by molar-refractivity contribution is 0.0639. The van der Waals surface area contributed by atoms with Crippen LogP contribution >= 0.6 is 0 Å². The highest BCUT2D eigenvalue weighted by Gasteiger charge is 2.42. The minimum Gasteiger partial charge on any atom is -0.382 e. The van der Waals surface area contributed by atoms with Gasteiger partial charge < -0.3 is 20.1 Å². The van der Waals surface area contributed by atoms with Crippen LogP contribution in [0.25, 0.3) is 0 Å². The molecule has 0 aromatic carbocycles. The Balaban J connectivity index is 1.59. The van der Waals surface area contributed by atoms with Gasteiger partial charge in [0.2, 0.25) is 0 Å². The van der Waals surface area contributed by atoms with Crippen LogP contribution in [0.2, 0.25) is 0 Å². The highest BCUT2D eigenvalue weighted by atomic mass is 16.5. The van der Waals surface area contributed by atoms with Crippen LogP contribution in [0.3, 0.4) is 0 Å². The maximum atomic E-state index is 11.7.